The number of nitrogens with zero attached hydrogens (tertiary/aromatic N) is 3. The molecule has 1 aromatic rings. The van der Waals surface area contributed by atoms with Crippen LogP contribution in [0.25, 0.3) is 0 Å². The molecule has 2 heterocycles. The molecule has 1 aliphatic heterocycles. The predicted molar refractivity (Wildman–Crippen MR) is 56.7 cm³/mol. The number of ether oxygens (including phenoxy) is 1. The normalized spacial score (nSPS) is 21.7. The van der Waals surface area contributed by atoms with E-state index in [-0.39, 0.29) is 0 Å². The lowest BCUT2D eigenvalue weighted by Gasteiger charge is -2.29. The van der Waals surface area contributed by atoms with Crippen molar-refractivity contribution >= 4 is 0 Å². The Kier molecular flexibility index (Phi) is 3.04. The number of aromatic nitrogens is 2. The van der Waals surface area contributed by atoms with E-state index in [0.717, 1.165) is 25.4 Å². The van der Waals surface area contributed by atoms with Crippen LogP contribution in [-0.4, -0.2) is 27.4 Å². The average molecular weight is 210 g/mol. The van der Waals surface area contributed by atoms with Crippen LogP contribution in [0.4, 0.5) is 0 Å². The Morgan fingerprint density at radius 1 is 1.67 bits per heavy atom. The van der Waals surface area contributed by atoms with Crippen molar-refractivity contribution < 1.29 is 4.74 Å². The van der Waals surface area contributed by atoms with Crippen LogP contribution in [0.3, 0.4) is 0 Å². The van der Waals surface area contributed by atoms with Crippen LogP contribution < -0.4 is 5.84 Å². The van der Waals surface area contributed by atoms with Crippen molar-refractivity contribution in [1.29, 1.82) is 0 Å². The van der Waals surface area contributed by atoms with E-state index in [0.29, 0.717) is 12.6 Å². The first kappa shape index (κ1) is 10.6. The van der Waals surface area contributed by atoms with Gasteiger partial charge >= 0.3 is 0 Å². The summed E-state index contributed by atoms with van der Waals surface area (Å²) in [4.78, 5) is 0. The highest BCUT2D eigenvalue weighted by Gasteiger charge is 2.21. The molecule has 0 radical (unpaired) electrons. The van der Waals surface area contributed by atoms with Gasteiger partial charge in [0.15, 0.2) is 0 Å². The Morgan fingerprint density at radius 3 is 3.20 bits per heavy atom. The maximum atomic E-state index is 5.86. The zero-order chi connectivity index (χ0) is 10.8. The second-order valence-electron chi connectivity index (χ2n) is 3.97. The molecular weight excluding hydrogens is 192 g/mol. The monoisotopic (exact) mass is 210 g/mol. The summed E-state index contributed by atoms with van der Waals surface area (Å²) in [5, 5.41) is 6.33. The Balaban J connectivity index is 2.11. The highest BCUT2D eigenvalue weighted by Crippen LogP contribution is 2.15. The standard InChI is InChI=1S/C10H18N4O/c1-3-15-7-9-4-10-6-13(11)8(2)5-14(10)12-9/h4,8H,3,5-7,11H2,1-2H3/t8-/m1/s1. The zero-order valence-electron chi connectivity index (χ0n) is 9.31. The molecule has 0 amide bonds. The Labute approximate surface area is 89.8 Å². The van der Waals surface area contributed by atoms with Crippen LogP contribution in [0.15, 0.2) is 6.07 Å². The largest absolute Gasteiger partial charge is 0.375 e. The van der Waals surface area contributed by atoms with Gasteiger partial charge in [0.25, 0.3) is 0 Å². The van der Waals surface area contributed by atoms with Gasteiger partial charge in [-0.3, -0.25) is 10.5 Å². The number of nitrogens with two attached hydrogens (primary N) is 1. The van der Waals surface area contributed by atoms with Gasteiger partial charge in [0.05, 0.1) is 31.1 Å². The molecule has 0 unspecified atom stereocenters. The third-order valence-corrected chi connectivity index (χ3v) is 2.72. The minimum atomic E-state index is 0.345. The minimum absolute atomic E-state index is 0.345. The summed E-state index contributed by atoms with van der Waals surface area (Å²) in [7, 11) is 0. The number of hydrogen-bond acceptors (Lipinski definition) is 4. The molecule has 0 aromatic carbocycles. The number of fused-ring (bicyclic) bond motifs is 1. The second-order valence-corrected chi connectivity index (χ2v) is 3.97. The minimum Gasteiger partial charge on any atom is -0.375 e. The number of hydrogen-bond donors (Lipinski definition) is 1. The maximum absolute atomic E-state index is 5.86. The van der Waals surface area contributed by atoms with Gasteiger partial charge in [-0.1, -0.05) is 0 Å². The van der Waals surface area contributed by atoms with Gasteiger partial charge in [0.2, 0.25) is 0 Å². The van der Waals surface area contributed by atoms with Gasteiger partial charge in [-0.25, -0.2) is 5.01 Å². The zero-order valence-corrected chi connectivity index (χ0v) is 9.31. The van der Waals surface area contributed by atoms with E-state index in [2.05, 4.69) is 18.1 Å². The molecule has 5 heteroatoms. The summed E-state index contributed by atoms with van der Waals surface area (Å²) in [6, 6.07) is 2.42. The van der Waals surface area contributed by atoms with E-state index in [9.17, 15) is 0 Å². The fourth-order valence-corrected chi connectivity index (χ4v) is 1.78. The molecule has 0 aliphatic carbocycles. The molecule has 84 valence electrons. The first-order chi connectivity index (χ1) is 7.20. The summed E-state index contributed by atoms with van der Waals surface area (Å²) in [5.74, 6) is 5.86. The lowest BCUT2D eigenvalue weighted by molar-refractivity contribution is 0.129. The molecule has 2 rings (SSSR count). The van der Waals surface area contributed by atoms with Crippen LogP contribution >= 0.6 is 0 Å². The third-order valence-electron chi connectivity index (χ3n) is 2.72. The fourth-order valence-electron chi connectivity index (χ4n) is 1.78. The molecule has 2 N–H and O–H groups in total. The molecule has 0 saturated carbocycles. The van der Waals surface area contributed by atoms with E-state index in [4.69, 9.17) is 10.6 Å². The van der Waals surface area contributed by atoms with Crippen molar-refractivity contribution in [2.24, 2.45) is 5.84 Å². The van der Waals surface area contributed by atoms with Gasteiger partial charge in [-0.05, 0) is 19.9 Å². The van der Waals surface area contributed by atoms with E-state index < -0.39 is 0 Å². The lowest BCUT2D eigenvalue weighted by atomic mass is 10.2. The predicted octanol–water partition coefficient (Wildman–Crippen LogP) is 0.497. The van der Waals surface area contributed by atoms with Gasteiger partial charge in [-0.15, -0.1) is 0 Å². The fraction of sp³-hybridized carbons (Fsp3) is 0.700. The van der Waals surface area contributed by atoms with Crippen LogP contribution in [0.5, 0.6) is 0 Å². The summed E-state index contributed by atoms with van der Waals surface area (Å²) in [5.41, 5.74) is 2.17. The Hall–Kier alpha value is -0.910. The molecule has 15 heavy (non-hydrogen) atoms. The van der Waals surface area contributed by atoms with Crippen molar-refractivity contribution in [3.63, 3.8) is 0 Å². The maximum Gasteiger partial charge on any atom is 0.0906 e. The summed E-state index contributed by atoms with van der Waals surface area (Å²) in [6.07, 6.45) is 0. The van der Waals surface area contributed by atoms with E-state index in [1.807, 2.05) is 16.6 Å². The topological polar surface area (TPSA) is 56.3 Å². The van der Waals surface area contributed by atoms with E-state index >= 15 is 0 Å². The quantitative estimate of drug-likeness (QED) is 0.738. The molecule has 1 aliphatic rings. The smallest absolute Gasteiger partial charge is 0.0906 e. The first-order valence-corrected chi connectivity index (χ1v) is 5.35. The number of hydrazine groups is 1. The van der Waals surface area contributed by atoms with E-state index in [1.54, 1.807) is 0 Å². The summed E-state index contributed by atoms with van der Waals surface area (Å²) < 4.78 is 7.36. The number of rotatable bonds is 3. The summed E-state index contributed by atoms with van der Waals surface area (Å²) >= 11 is 0. The van der Waals surface area contributed by atoms with Crippen molar-refractivity contribution in [3.8, 4) is 0 Å². The highest BCUT2D eigenvalue weighted by molar-refractivity contribution is 5.11. The van der Waals surface area contributed by atoms with Crippen molar-refractivity contribution in [2.75, 3.05) is 6.61 Å². The van der Waals surface area contributed by atoms with Crippen molar-refractivity contribution in [3.05, 3.63) is 17.5 Å². The lowest BCUT2D eigenvalue weighted by Crippen LogP contribution is -2.45. The molecule has 0 saturated heterocycles. The van der Waals surface area contributed by atoms with Crippen LogP contribution in [0, 0.1) is 0 Å². The van der Waals surface area contributed by atoms with Crippen molar-refractivity contribution in [2.45, 2.75) is 39.6 Å². The van der Waals surface area contributed by atoms with Gasteiger partial charge in [-0.2, -0.15) is 5.10 Å². The third kappa shape index (κ3) is 2.19. The van der Waals surface area contributed by atoms with E-state index in [1.165, 1.54) is 5.69 Å². The molecule has 5 nitrogen and oxygen atoms in total. The molecule has 0 spiro atoms. The van der Waals surface area contributed by atoms with Crippen LogP contribution in [0.1, 0.15) is 25.2 Å². The molecular formula is C10H18N4O. The van der Waals surface area contributed by atoms with Gasteiger partial charge in [0.1, 0.15) is 0 Å². The molecule has 0 bridgehead atoms. The highest BCUT2D eigenvalue weighted by atomic mass is 16.5. The van der Waals surface area contributed by atoms with Crippen LogP contribution in [0.2, 0.25) is 0 Å². The van der Waals surface area contributed by atoms with Gasteiger partial charge in [0, 0.05) is 12.6 Å². The summed E-state index contributed by atoms with van der Waals surface area (Å²) in [6.45, 7) is 7.03. The van der Waals surface area contributed by atoms with Crippen molar-refractivity contribution in [1.82, 2.24) is 14.8 Å². The molecule has 0 fully saturated rings. The second kappa shape index (κ2) is 4.30. The molecule has 1 atom stereocenters. The molecule has 1 aromatic heterocycles. The average Bonchev–Trinajstić information content (AvgIpc) is 2.58. The Morgan fingerprint density at radius 2 is 2.47 bits per heavy atom. The van der Waals surface area contributed by atoms with Gasteiger partial charge < -0.3 is 4.74 Å². The van der Waals surface area contributed by atoms with Crippen LogP contribution in [-0.2, 0) is 24.4 Å². The SMILES string of the molecule is CCOCc1cc2n(n1)C[C@@H](C)N(N)C2. The Bertz CT molecular complexity index is 309. The first-order valence-electron chi connectivity index (χ1n) is 5.35.